The highest BCUT2D eigenvalue weighted by Crippen LogP contribution is 2.38. The highest BCUT2D eigenvalue weighted by molar-refractivity contribution is 5.30. The molecule has 3 atom stereocenters. The van der Waals surface area contributed by atoms with Gasteiger partial charge >= 0.3 is 0 Å². The van der Waals surface area contributed by atoms with Gasteiger partial charge in [0, 0.05) is 6.04 Å². The van der Waals surface area contributed by atoms with Gasteiger partial charge < -0.3 is 5.73 Å². The van der Waals surface area contributed by atoms with Crippen molar-refractivity contribution >= 4 is 0 Å². The minimum atomic E-state index is 0.246. The van der Waals surface area contributed by atoms with Crippen LogP contribution < -0.4 is 5.73 Å². The maximum atomic E-state index is 6.56. The van der Waals surface area contributed by atoms with Crippen molar-refractivity contribution in [1.29, 1.82) is 0 Å². The van der Waals surface area contributed by atoms with Crippen LogP contribution >= 0.6 is 0 Å². The molecule has 0 saturated heterocycles. The van der Waals surface area contributed by atoms with Crippen LogP contribution in [0.2, 0.25) is 0 Å². The zero-order chi connectivity index (χ0) is 13.0. The lowest BCUT2D eigenvalue weighted by atomic mass is 9.75. The summed E-state index contributed by atoms with van der Waals surface area (Å²) in [6.45, 7) is 4.54. The van der Waals surface area contributed by atoms with E-state index in [-0.39, 0.29) is 6.04 Å². The van der Waals surface area contributed by atoms with Crippen molar-refractivity contribution in [2.24, 2.45) is 17.6 Å². The number of hydrogen-bond donors (Lipinski definition) is 1. The van der Waals surface area contributed by atoms with Crippen LogP contribution in [0.25, 0.3) is 0 Å². The lowest BCUT2D eigenvalue weighted by Gasteiger charge is -2.33. The second-order valence-electron chi connectivity index (χ2n) is 5.78. The molecule has 3 unspecified atom stereocenters. The Balaban J connectivity index is 2.12. The molecule has 0 spiro atoms. The zero-order valence-electron chi connectivity index (χ0n) is 11.9. The van der Waals surface area contributed by atoms with Crippen LogP contribution in [0.1, 0.15) is 63.1 Å². The van der Waals surface area contributed by atoms with E-state index in [2.05, 4.69) is 38.1 Å². The lowest BCUT2D eigenvalue weighted by molar-refractivity contribution is 0.230. The van der Waals surface area contributed by atoms with Gasteiger partial charge in [-0.3, -0.25) is 0 Å². The Morgan fingerprint density at radius 3 is 2.72 bits per heavy atom. The van der Waals surface area contributed by atoms with E-state index in [9.17, 15) is 0 Å². The van der Waals surface area contributed by atoms with Gasteiger partial charge in [0.15, 0.2) is 0 Å². The summed E-state index contributed by atoms with van der Waals surface area (Å²) in [4.78, 5) is 0. The van der Waals surface area contributed by atoms with Crippen molar-refractivity contribution in [2.75, 3.05) is 0 Å². The third-order valence-electron chi connectivity index (χ3n) is 4.70. The Hall–Kier alpha value is -0.820. The third kappa shape index (κ3) is 2.95. The molecule has 1 aromatic carbocycles. The minimum absolute atomic E-state index is 0.246. The SMILES string of the molecule is CCc1ccccc1C(N)C1CCCC(CC)C1. The van der Waals surface area contributed by atoms with E-state index < -0.39 is 0 Å². The molecule has 0 amide bonds. The van der Waals surface area contributed by atoms with Crippen LogP contribution in [0.3, 0.4) is 0 Å². The Bertz CT molecular complexity index is 372. The normalized spacial score (nSPS) is 25.9. The van der Waals surface area contributed by atoms with Crippen molar-refractivity contribution in [1.82, 2.24) is 0 Å². The molecule has 2 N–H and O–H groups in total. The van der Waals surface area contributed by atoms with Gasteiger partial charge in [0.05, 0.1) is 0 Å². The summed E-state index contributed by atoms with van der Waals surface area (Å²) in [5.74, 6) is 1.60. The monoisotopic (exact) mass is 245 g/mol. The molecule has 100 valence electrons. The zero-order valence-corrected chi connectivity index (χ0v) is 11.9. The average Bonchev–Trinajstić information content (AvgIpc) is 2.46. The molecule has 1 aromatic rings. The molecule has 1 aliphatic rings. The van der Waals surface area contributed by atoms with E-state index in [0.29, 0.717) is 5.92 Å². The molecule has 0 aromatic heterocycles. The third-order valence-corrected chi connectivity index (χ3v) is 4.70. The lowest BCUT2D eigenvalue weighted by Crippen LogP contribution is -2.27. The summed E-state index contributed by atoms with van der Waals surface area (Å²) < 4.78 is 0. The first-order valence-electron chi connectivity index (χ1n) is 7.59. The van der Waals surface area contributed by atoms with E-state index in [0.717, 1.165) is 12.3 Å². The van der Waals surface area contributed by atoms with Gasteiger partial charge in [0.1, 0.15) is 0 Å². The van der Waals surface area contributed by atoms with E-state index in [1.54, 1.807) is 0 Å². The predicted molar refractivity (Wildman–Crippen MR) is 78.5 cm³/mol. The standard InChI is InChI=1S/C17H27N/c1-3-13-8-7-10-15(12-13)17(18)16-11-6-5-9-14(16)4-2/h5-6,9,11,13,15,17H,3-4,7-8,10,12,18H2,1-2H3. The van der Waals surface area contributed by atoms with Crippen LogP contribution in [0.4, 0.5) is 0 Å². The first-order valence-corrected chi connectivity index (χ1v) is 7.59. The quantitative estimate of drug-likeness (QED) is 0.832. The number of aryl methyl sites for hydroxylation is 1. The summed E-state index contributed by atoms with van der Waals surface area (Å²) >= 11 is 0. The fraction of sp³-hybridized carbons (Fsp3) is 0.647. The number of benzene rings is 1. The Morgan fingerprint density at radius 1 is 1.22 bits per heavy atom. The maximum absolute atomic E-state index is 6.56. The Morgan fingerprint density at radius 2 is 2.00 bits per heavy atom. The molecular formula is C17H27N. The second kappa shape index (κ2) is 6.38. The molecule has 0 radical (unpaired) electrons. The second-order valence-corrected chi connectivity index (χ2v) is 5.78. The molecule has 2 rings (SSSR count). The summed E-state index contributed by atoms with van der Waals surface area (Å²) in [6, 6.07) is 8.98. The average molecular weight is 245 g/mol. The summed E-state index contributed by atoms with van der Waals surface area (Å²) in [6.07, 6.45) is 7.83. The van der Waals surface area contributed by atoms with Crippen molar-refractivity contribution in [3.8, 4) is 0 Å². The van der Waals surface area contributed by atoms with E-state index >= 15 is 0 Å². The molecule has 1 aliphatic carbocycles. The van der Waals surface area contributed by atoms with Crippen LogP contribution in [0.15, 0.2) is 24.3 Å². The smallest absolute Gasteiger partial charge is 0.0326 e. The Labute approximate surface area is 112 Å². The number of hydrogen-bond acceptors (Lipinski definition) is 1. The van der Waals surface area contributed by atoms with Gasteiger partial charge in [-0.1, -0.05) is 57.4 Å². The molecule has 0 heterocycles. The summed E-state index contributed by atoms with van der Waals surface area (Å²) in [5.41, 5.74) is 9.39. The molecule has 0 aliphatic heterocycles. The van der Waals surface area contributed by atoms with E-state index in [1.807, 2.05) is 0 Å². The van der Waals surface area contributed by atoms with Gasteiger partial charge in [-0.05, 0) is 42.2 Å². The van der Waals surface area contributed by atoms with Crippen molar-refractivity contribution in [2.45, 2.75) is 58.4 Å². The highest BCUT2D eigenvalue weighted by atomic mass is 14.7. The molecule has 18 heavy (non-hydrogen) atoms. The number of nitrogens with two attached hydrogens (primary N) is 1. The molecule has 1 nitrogen and oxygen atoms in total. The van der Waals surface area contributed by atoms with Crippen molar-refractivity contribution in [3.63, 3.8) is 0 Å². The largest absolute Gasteiger partial charge is 0.324 e. The fourth-order valence-corrected chi connectivity index (χ4v) is 3.46. The first kappa shape index (κ1) is 13.6. The van der Waals surface area contributed by atoms with Crippen molar-refractivity contribution in [3.05, 3.63) is 35.4 Å². The maximum Gasteiger partial charge on any atom is 0.0326 e. The summed E-state index contributed by atoms with van der Waals surface area (Å²) in [5, 5.41) is 0. The van der Waals surface area contributed by atoms with Gasteiger partial charge in [0.25, 0.3) is 0 Å². The predicted octanol–water partition coefficient (Wildman–Crippen LogP) is 4.47. The van der Waals surface area contributed by atoms with Gasteiger partial charge in [-0.25, -0.2) is 0 Å². The first-order chi connectivity index (χ1) is 8.76. The van der Waals surface area contributed by atoms with Gasteiger partial charge in [-0.2, -0.15) is 0 Å². The van der Waals surface area contributed by atoms with Crippen LogP contribution in [-0.4, -0.2) is 0 Å². The van der Waals surface area contributed by atoms with Crippen LogP contribution in [0, 0.1) is 11.8 Å². The number of rotatable bonds is 4. The van der Waals surface area contributed by atoms with Crippen LogP contribution in [0.5, 0.6) is 0 Å². The van der Waals surface area contributed by atoms with Gasteiger partial charge in [0.2, 0.25) is 0 Å². The van der Waals surface area contributed by atoms with Crippen molar-refractivity contribution < 1.29 is 0 Å². The Kier molecular flexibility index (Phi) is 4.82. The molecule has 0 bridgehead atoms. The molecule has 1 saturated carbocycles. The topological polar surface area (TPSA) is 26.0 Å². The van der Waals surface area contributed by atoms with Crippen LogP contribution in [-0.2, 0) is 6.42 Å². The highest BCUT2D eigenvalue weighted by Gasteiger charge is 2.27. The minimum Gasteiger partial charge on any atom is -0.324 e. The molecular weight excluding hydrogens is 218 g/mol. The van der Waals surface area contributed by atoms with Gasteiger partial charge in [-0.15, -0.1) is 0 Å². The van der Waals surface area contributed by atoms with E-state index in [1.165, 1.54) is 43.2 Å². The summed E-state index contributed by atoms with van der Waals surface area (Å²) in [7, 11) is 0. The molecule has 1 heteroatoms. The molecule has 1 fully saturated rings. The van der Waals surface area contributed by atoms with E-state index in [4.69, 9.17) is 5.73 Å². The fourth-order valence-electron chi connectivity index (χ4n) is 3.46.